The largest absolute Gasteiger partial charge is 0.376 e. The van der Waals surface area contributed by atoms with E-state index >= 15 is 0 Å². The van der Waals surface area contributed by atoms with Gasteiger partial charge in [0, 0.05) is 13.2 Å². The number of nitrogens with one attached hydrogen (secondary N) is 2. The van der Waals surface area contributed by atoms with Crippen LogP contribution < -0.4 is 10.6 Å². The summed E-state index contributed by atoms with van der Waals surface area (Å²) in [6, 6.07) is 8.44. The van der Waals surface area contributed by atoms with Gasteiger partial charge in [0.1, 0.15) is 12.1 Å². The molecule has 128 valence electrons. The first kappa shape index (κ1) is 16.4. The summed E-state index contributed by atoms with van der Waals surface area (Å²) in [4.78, 5) is 37.8. The zero-order chi connectivity index (χ0) is 17.2. The van der Waals surface area contributed by atoms with E-state index in [9.17, 15) is 14.4 Å². The second kappa shape index (κ2) is 6.60. The lowest BCUT2D eigenvalue weighted by atomic mass is 9.92. The summed E-state index contributed by atoms with van der Waals surface area (Å²) < 4.78 is 5.43. The van der Waals surface area contributed by atoms with Crippen LogP contribution in [0.15, 0.2) is 30.3 Å². The van der Waals surface area contributed by atoms with Gasteiger partial charge in [-0.1, -0.05) is 30.3 Å². The Bertz CT molecular complexity index is 642. The molecule has 0 unspecified atom stereocenters. The summed E-state index contributed by atoms with van der Waals surface area (Å²) in [6.07, 6.45) is 1.92. The number of nitrogens with zero attached hydrogens (tertiary/aromatic N) is 1. The van der Waals surface area contributed by atoms with Crippen LogP contribution in [0, 0.1) is 0 Å². The molecule has 2 saturated heterocycles. The minimum atomic E-state index is -1.15. The van der Waals surface area contributed by atoms with Crippen LogP contribution in [-0.4, -0.2) is 48.5 Å². The quantitative estimate of drug-likeness (QED) is 0.780. The monoisotopic (exact) mass is 331 g/mol. The molecule has 1 aromatic carbocycles. The molecule has 7 heteroatoms. The van der Waals surface area contributed by atoms with Crippen molar-refractivity contribution >= 4 is 17.8 Å². The van der Waals surface area contributed by atoms with Crippen LogP contribution in [-0.2, 0) is 19.9 Å². The summed E-state index contributed by atoms with van der Waals surface area (Å²) in [6.45, 7) is 2.47. The number of carbonyl (C=O) groups is 3. The van der Waals surface area contributed by atoms with Gasteiger partial charge in [0.25, 0.3) is 5.91 Å². The number of amides is 4. The molecule has 0 saturated carbocycles. The third-order valence-corrected chi connectivity index (χ3v) is 4.48. The van der Waals surface area contributed by atoms with E-state index in [-0.39, 0.29) is 18.6 Å². The maximum atomic E-state index is 12.7. The molecule has 0 aliphatic carbocycles. The topological polar surface area (TPSA) is 87.7 Å². The molecule has 2 atom stereocenters. The molecule has 2 N–H and O–H groups in total. The van der Waals surface area contributed by atoms with E-state index in [1.54, 1.807) is 31.2 Å². The van der Waals surface area contributed by atoms with Crippen LogP contribution in [0.5, 0.6) is 0 Å². The highest BCUT2D eigenvalue weighted by Gasteiger charge is 2.49. The highest BCUT2D eigenvalue weighted by atomic mass is 16.5. The van der Waals surface area contributed by atoms with E-state index in [4.69, 9.17) is 4.74 Å². The van der Waals surface area contributed by atoms with Crippen LogP contribution in [0.1, 0.15) is 25.3 Å². The fraction of sp³-hybridized carbons (Fsp3) is 0.471. The Morgan fingerprint density at radius 1 is 1.38 bits per heavy atom. The van der Waals surface area contributed by atoms with Gasteiger partial charge >= 0.3 is 6.03 Å². The molecule has 2 aliphatic heterocycles. The number of rotatable bonds is 5. The summed E-state index contributed by atoms with van der Waals surface area (Å²) in [5.41, 5.74) is -0.460. The van der Waals surface area contributed by atoms with Crippen molar-refractivity contribution < 1.29 is 19.1 Å². The van der Waals surface area contributed by atoms with Crippen LogP contribution in [0.2, 0.25) is 0 Å². The fourth-order valence-corrected chi connectivity index (χ4v) is 3.04. The second-order valence-electron chi connectivity index (χ2n) is 6.25. The number of ether oxygens (including phenoxy) is 1. The average molecular weight is 331 g/mol. The number of hydrogen-bond acceptors (Lipinski definition) is 4. The van der Waals surface area contributed by atoms with E-state index in [0.29, 0.717) is 18.7 Å². The van der Waals surface area contributed by atoms with Crippen molar-refractivity contribution in [3.63, 3.8) is 0 Å². The number of imide groups is 1. The normalized spacial score (nSPS) is 26.5. The van der Waals surface area contributed by atoms with Gasteiger partial charge in [-0.05, 0) is 25.3 Å². The van der Waals surface area contributed by atoms with Gasteiger partial charge in [-0.3, -0.25) is 14.5 Å². The van der Waals surface area contributed by atoms with Crippen molar-refractivity contribution in [3.05, 3.63) is 35.9 Å². The van der Waals surface area contributed by atoms with E-state index in [1.165, 1.54) is 0 Å². The lowest BCUT2D eigenvalue weighted by molar-refractivity contribution is -0.134. The van der Waals surface area contributed by atoms with Crippen molar-refractivity contribution in [2.24, 2.45) is 0 Å². The minimum absolute atomic E-state index is 0.0200. The van der Waals surface area contributed by atoms with Crippen molar-refractivity contribution in [1.29, 1.82) is 0 Å². The predicted octanol–water partition coefficient (Wildman–Crippen LogP) is 0.749. The number of carbonyl (C=O) groups excluding carboxylic acids is 3. The molecule has 4 amide bonds. The maximum absolute atomic E-state index is 12.7. The Kier molecular flexibility index (Phi) is 4.53. The molecule has 0 radical (unpaired) electrons. The van der Waals surface area contributed by atoms with Gasteiger partial charge < -0.3 is 15.4 Å². The third kappa shape index (κ3) is 3.12. The fourth-order valence-electron chi connectivity index (χ4n) is 3.04. The number of urea groups is 1. The molecule has 24 heavy (non-hydrogen) atoms. The second-order valence-corrected chi connectivity index (χ2v) is 6.25. The summed E-state index contributed by atoms with van der Waals surface area (Å²) in [5, 5.41) is 5.40. The number of benzene rings is 1. The van der Waals surface area contributed by atoms with Gasteiger partial charge in [0.2, 0.25) is 5.91 Å². The summed E-state index contributed by atoms with van der Waals surface area (Å²) in [7, 11) is 0. The van der Waals surface area contributed by atoms with Crippen molar-refractivity contribution in [3.8, 4) is 0 Å². The Morgan fingerprint density at radius 2 is 2.12 bits per heavy atom. The molecule has 0 bridgehead atoms. The maximum Gasteiger partial charge on any atom is 0.325 e. The van der Waals surface area contributed by atoms with Crippen LogP contribution in [0.25, 0.3) is 0 Å². The van der Waals surface area contributed by atoms with E-state index < -0.39 is 17.5 Å². The lowest BCUT2D eigenvalue weighted by Gasteiger charge is -2.22. The zero-order valence-electron chi connectivity index (χ0n) is 13.6. The minimum Gasteiger partial charge on any atom is -0.376 e. The highest BCUT2D eigenvalue weighted by Crippen LogP contribution is 2.28. The van der Waals surface area contributed by atoms with Crippen LogP contribution in [0.4, 0.5) is 4.79 Å². The Balaban J connectivity index is 1.63. The predicted molar refractivity (Wildman–Crippen MR) is 86.0 cm³/mol. The van der Waals surface area contributed by atoms with Crippen molar-refractivity contribution in [1.82, 2.24) is 15.5 Å². The molecule has 2 heterocycles. The van der Waals surface area contributed by atoms with Gasteiger partial charge in [-0.25, -0.2) is 4.79 Å². The smallest absolute Gasteiger partial charge is 0.325 e. The first-order chi connectivity index (χ1) is 11.5. The molecule has 3 rings (SSSR count). The Labute approximate surface area is 140 Å². The van der Waals surface area contributed by atoms with Crippen LogP contribution in [0.3, 0.4) is 0 Å². The van der Waals surface area contributed by atoms with E-state index in [0.717, 1.165) is 17.7 Å². The molecule has 1 aromatic rings. The highest BCUT2D eigenvalue weighted by molar-refractivity contribution is 6.09. The van der Waals surface area contributed by atoms with Crippen LogP contribution >= 0.6 is 0 Å². The standard InChI is InChI=1S/C17H21N3O4/c1-17(12-6-3-2-4-7-12)15(22)20(16(23)19-17)11-14(21)18-10-13-8-5-9-24-13/h2-4,6-7,13H,5,8-11H2,1H3,(H,18,21)(H,19,23)/t13-,17+/m1/s1. The average Bonchev–Trinajstić information content (AvgIpc) is 3.17. The van der Waals surface area contributed by atoms with Crippen molar-refractivity contribution in [2.75, 3.05) is 19.7 Å². The van der Waals surface area contributed by atoms with E-state index in [1.807, 2.05) is 6.07 Å². The Hall–Kier alpha value is -2.41. The van der Waals surface area contributed by atoms with Gasteiger partial charge in [-0.15, -0.1) is 0 Å². The molecule has 2 fully saturated rings. The molecule has 0 aromatic heterocycles. The summed E-state index contributed by atoms with van der Waals surface area (Å²) in [5.74, 6) is -0.794. The first-order valence-electron chi connectivity index (χ1n) is 8.08. The van der Waals surface area contributed by atoms with Gasteiger partial charge in [0.15, 0.2) is 0 Å². The molecule has 0 spiro atoms. The first-order valence-corrected chi connectivity index (χ1v) is 8.08. The summed E-state index contributed by atoms with van der Waals surface area (Å²) >= 11 is 0. The SMILES string of the molecule is C[C@@]1(c2ccccc2)NC(=O)N(CC(=O)NC[C@H]2CCCO2)C1=O. The molecular weight excluding hydrogens is 310 g/mol. The number of hydrogen-bond donors (Lipinski definition) is 2. The third-order valence-electron chi connectivity index (χ3n) is 4.48. The molecular formula is C17H21N3O4. The molecule has 2 aliphatic rings. The lowest BCUT2D eigenvalue weighted by Crippen LogP contribution is -2.44. The van der Waals surface area contributed by atoms with Crippen molar-refractivity contribution in [2.45, 2.75) is 31.4 Å². The van der Waals surface area contributed by atoms with E-state index in [2.05, 4.69) is 10.6 Å². The Morgan fingerprint density at radius 3 is 2.79 bits per heavy atom. The van der Waals surface area contributed by atoms with Gasteiger partial charge in [0.05, 0.1) is 6.10 Å². The molecule has 7 nitrogen and oxygen atoms in total. The van der Waals surface area contributed by atoms with Gasteiger partial charge in [-0.2, -0.15) is 0 Å². The zero-order valence-corrected chi connectivity index (χ0v) is 13.6.